The number of hydrogen-bond acceptors (Lipinski definition) is 2. The smallest absolute Gasteiger partial charge is 0.143 e. The number of ether oxygens (including phenoxy) is 1. The van der Waals surface area contributed by atoms with Crippen molar-refractivity contribution in [1.82, 2.24) is 0 Å². The summed E-state index contributed by atoms with van der Waals surface area (Å²) in [6, 6.07) is 7.89. The Labute approximate surface area is 96.6 Å². The monoisotopic (exact) mass is 218 g/mol. The fourth-order valence-corrected chi connectivity index (χ4v) is 2.42. The van der Waals surface area contributed by atoms with Crippen LogP contribution in [-0.4, -0.2) is 12.9 Å². The summed E-state index contributed by atoms with van der Waals surface area (Å²) in [5.41, 5.74) is 1.14. The lowest BCUT2D eigenvalue weighted by Crippen LogP contribution is -2.24. The predicted molar refractivity (Wildman–Crippen MR) is 63.8 cm³/mol. The van der Waals surface area contributed by atoms with Crippen molar-refractivity contribution in [2.45, 2.75) is 32.1 Å². The zero-order valence-corrected chi connectivity index (χ0v) is 9.90. The molecule has 0 aliphatic heterocycles. The highest BCUT2D eigenvalue weighted by atomic mass is 16.5. The molecule has 16 heavy (non-hydrogen) atoms. The van der Waals surface area contributed by atoms with E-state index < -0.39 is 0 Å². The molecule has 0 amide bonds. The van der Waals surface area contributed by atoms with Crippen molar-refractivity contribution in [3.63, 3.8) is 0 Å². The minimum atomic E-state index is 0.106. The van der Waals surface area contributed by atoms with Crippen LogP contribution in [0.15, 0.2) is 24.3 Å². The molecule has 1 saturated carbocycles. The van der Waals surface area contributed by atoms with Crippen LogP contribution in [0.1, 0.15) is 37.7 Å². The van der Waals surface area contributed by atoms with Crippen molar-refractivity contribution in [3.05, 3.63) is 29.8 Å². The average molecular weight is 218 g/mol. The van der Waals surface area contributed by atoms with Crippen LogP contribution in [0.3, 0.4) is 0 Å². The van der Waals surface area contributed by atoms with Crippen molar-refractivity contribution in [2.75, 3.05) is 7.11 Å². The third-order valence-corrected chi connectivity index (χ3v) is 3.48. The van der Waals surface area contributed by atoms with Gasteiger partial charge < -0.3 is 4.74 Å². The summed E-state index contributed by atoms with van der Waals surface area (Å²) in [6.45, 7) is 2.04. The molecule has 2 rings (SSSR count). The molecule has 0 radical (unpaired) electrons. The van der Waals surface area contributed by atoms with Gasteiger partial charge in [0.2, 0.25) is 0 Å². The number of methoxy groups -OCH3 is 1. The molecule has 1 fully saturated rings. The van der Waals surface area contributed by atoms with Gasteiger partial charge in [-0.25, -0.2) is 0 Å². The topological polar surface area (TPSA) is 26.3 Å². The lowest BCUT2D eigenvalue weighted by molar-refractivity contribution is -0.125. The van der Waals surface area contributed by atoms with E-state index in [9.17, 15) is 4.79 Å². The van der Waals surface area contributed by atoms with Gasteiger partial charge in [0.05, 0.1) is 7.11 Å². The van der Waals surface area contributed by atoms with Gasteiger partial charge in [-0.15, -0.1) is 0 Å². The minimum Gasteiger partial charge on any atom is -0.497 e. The van der Waals surface area contributed by atoms with Crippen molar-refractivity contribution in [1.29, 1.82) is 0 Å². The van der Waals surface area contributed by atoms with E-state index in [1.54, 1.807) is 7.11 Å². The van der Waals surface area contributed by atoms with Crippen LogP contribution in [0.2, 0.25) is 0 Å². The molecule has 0 saturated heterocycles. The molecule has 0 spiro atoms. The molecular formula is C14H18O2. The largest absolute Gasteiger partial charge is 0.497 e. The third kappa shape index (κ3) is 2.11. The van der Waals surface area contributed by atoms with E-state index in [2.05, 4.69) is 0 Å². The minimum absolute atomic E-state index is 0.106. The van der Waals surface area contributed by atoms with Crippen LogP contribution in [0, 0.1) is 5.92 Å². The quantitative estimate of drug-likeness (QED) is 0.762. The Morgan fingerprint density at radius 1 is 1.19 bits per heavy atom. The fourth-order valence-electron chi connectivity index (χ4n) is 2.42. The Kier molecular flexibility index (Phi) is 3.28. The van der Waals surface area contributed by atoms with Crippen molar-refractivity contribution in [2.24, 2.45) is 5.92 Å². The van der Waals surface area contributed by atoms with Gasteiger partial charge in [0, 0.05) is 11.8 Å². The molecule has 0 N–H and O–H groups in total. The Morgan fingerprint density at radius 3 is 2.50 bits per heavy atom. The summed E-state index contributed by atoms with van der Waals surface area (Å²) < 4.78 is 5.12. The normalized spacial score (nSPS) is 25.5. The highest BCUT2D eigenvalue weighted by Gasteiger charge is 2.29. The van der Waals surface area contributed by atoms with Crippen LogP contribution in [-0.2, 0) is 4.79 Å². The number of benzene rings is 1. The number of carbonyl (C=O) groups is 1. The van der Waals surface area contributed by atoms with Gasteiger partial charge in [-0.3, -0.25) is 4.79 Å². The number of rotatable bonds is 2. The van der Waals surface area contributed by atoms with Gasteiger partial charge >= 0.3 is 0 Å². The third-order valence-electron chi connectivity index (χ3n) is 3.48. The summed E-state index contributed by atoms with van der Waals surface area (Å²) in [7, 11) is 1.66. The standard InChI is InChI=1S/C14H18O2/c1-10-4-3-5-13(14(10)15)11-6-8-12(16-2)9-7-11/h6-10,13H,3-5H2,1-2H3. The summed E-state index contributed by atoms with van der Waals surface area (Å²) in [6.07, 6.45) is 3.20. The molecule has 2 unspecified atom stereocenters. The first-order valence-electron chi connectivity index (χ1n) is 5.90. The second-order valence-corrected chi connectivity index (χ2v) is 4.56. The molecule has 0 bridgehead atoms. The summed E-state index contributed by atoms with van der Waals surface area (Å²) in [5, 5.41) is 0. The van der Waals surface area contributed by atoms with Crippen molar-refractivity contribution < 1.29 is 9.53 Å². The van der Waals surface area contributed by atoms with Crippen LogP contribution in [0.4, 0.5) is 0 Å². The number of hydrogen-bond donors (Lipinski definition) is 0. The van der Waals surface area contributed by atoms with Gasteiger partial charge in [-0.1, -0.05) is 25.5 Å². The maximum Gasteiger partial charge on any atom is 0.143 e. The maximum absolute atomic E-state index is 12.0. The molecule has 2 atom stereocenters. The first kappa shape index (κ1) is 11.2. The Morgan fingerprint density at radius 2 is 1.88 bits per heavy atom. The molecule has 2 heteroatoms. The summed E-state index contributed by atoms with van der Waals surface area (Å²) in [5.74, 6) is 1.58. The van der Waals surface area contributed by atoms with Gasteiger partial charge in [0.25, 0.3) is 0 Å². The maximum atomic E-state index is 12.0. The number of Topliss-reactive ketones (excluding diaryl/α,β-unsaturated/α-hetero) is 1. The lowest BCUT2D eigenvalue weighted by Gasteiger charge is -2.25. The van der Waals surface area contributed by atoms with E-state index in [4.69, 9.17) is 4.74 Å². The number of carbonyl (C=O) groups excluding carboxylic acids is 1. The predicted octanol–water partition coefficient (Wildman–Crippen LogP) is 3.17. The lowest BCUT2D eigenvalue weighted by atomic mass is 9.78. The summed E-state index contributed by atoms with van der Waals surface area (Å²) >= 11 is 0. The van der Waals surface area contributed by atoms with Gasteiger partial charge in [-0.2, -0.15) is 0 Å². The van der Waals surface area contributed by atoms with E-state index in [0.717, 1.165) is 30.6 Å². The molecule has 1 aliphatic rings. The fraction of sp³-hybridized carbons (Fsp3) is 0.500. The van der Waals surface area contributed by atoms with Crippen LogP contribution in [0.5, 0.6) is 5.75 Å². The van der Waals surface area contributed by atoms with E-state index in [0.29, 0.717) is 5.78 Å². The van der Waals surface area contributed by atoms with Crippen LogP contribution in [0.25, 0.3) is 0 Å². The van der Waals surface area contributed by atoms with Gasteiger partial charge in [0.15, 0.2) is 0 Å². The highest BCUT2D eigenvalue weighted by Crippen LogP contribution is 2.33. The Balaban J connectivity index is 2.19. The second-order valence-electron chi connectivity index (χ2n) is 4.56. The first-order valence-corrected chi connectivity index (χ1v) is 5.90. The van der Waals surface area contributed by atoms with E-state index in [1.165, 1.54) is 0 Å². The zero-order chi connectivity index (χ0) is 11.5. The molecular weight excluding hydrogens is 200 g/mol. The van der Waals surface area contributed by atoms with E-state index in [-0.39, 0.29) is 11.8 Å². The van der Waals surface area contributed by atoms with Crippen LogP contribution < -0.4 is 4.74 Å². The first-order chi connectivity index (χ1) is 7.72. The van der Waals surface area contributed by atoms with Crippen LogP contribution >= 0.6 is 0 Å². The second kappa shape index (κ2) is 4.69. The van der Waals surface area contributed by atoms with Gasteiger partial charge in [-0.05, 0) is 30.5 Å². The zero-order valence-electron chi connectivity index (χ0n) is 9.90. The molecule has 2 nitrogen and oxygen atoms in total. The SMILES string of the molecule is COc1ccc(C2CCCC(C)C2=O)cc1. The van der Waals surface area contributed by atoms with Crippen molar-refractivity contribution >= 4 is 5.78 Å². The van der Waals surface area contributed by atoms with E-state index >= 15 is 0 Å². The number of ketones is 1. The molecule has 1 aromatic carbocycles. The molecule has 1 aliphatic carbocycles. The molecule has 86 valence electrons. The molecule has 0 heterocycles. The molecule has 1 aromatic rings. The van der Waals surface area contributed by atoms with E-state index in [1.807, 2.05) is 31.2 Å². The Bertz CT molecular complexity index is 367. The molecule has 0 aromatic heterocycles. The summed E-state index contributed by atoms with van der Waals surface area (Å²) in [4.78, 5) is 12.0. The van der Waals surface area contributed by atoms with Gasteiger partial charge in [0.1, 0.15) is 11.5 Å². The Hall–Kier alpha value is -1.31. The highest BCUT2D eigenvalue weighted by molar-refractivity contribution is 5.88. The average Bonchev–Trinajstić information content (AvgIpc) is 2.33. The van der Waals surface area contributed by atoms with Crippen molar-refractivity contribution in [3.8, 4) is 5.75 Å².